The Balaban J connectivity index is 2.51. The average Bonchev–Trinajstić information content (AvgIpc) is 2.27. The van der Waals surface area contributed by atoms with Gasteiger partial charge in [-0.1, -0.05) is 13.0 Å². The number of benzene rings is 1. The van der Waals surface area contributed by atoms with Gasteiger partial charge >= 0.3 is 0 Å². The minimum atomic E-state index is 0.0985. The SMILES string of the molecule is CC[C@H](N)c1ccc2nccnc2c1. The van der Waals surface area contributed by atoms with Crippen molar-refractivity contribution in [2.24, 2.45) is 5.73 Å². The predicted molar refractivity (Wildman–Crippen MR) is 56.8 cm³/mol. The molecule has 1 atom stereocenters. The number of nitrogens with two attached hydrogens (primary N) is 1. The first-order valence-electron chi connectivity index (χ1n) is 4.77. The molecule has 1 aromatic heterocycles. The van der Waals surface area contributed by atoms with Crippen LogP contribution in [0.4, 0.5) is 0 Å². The molecule has 1 aromatic carbocycles. The molecule has 0 bridgehead atoms. The molecule has 2 aromatic rings. The normalized spacial score (nSPS) is 13.0. The molecule has 14 heavy (non-hydrogen) atoms. The Hall–Kier alpha value is -1.48. The van der Waals surface area contributed by atoms with Gasteiger partial charge in [0.25, 0.3) is 0 Å². The summed E-state index contributed by atoms with van der Waals surface area (Å²) in [5.74, 6) is 0. The molecular formula is C11H13N3. The van der Waals surface area contributed by atoms with E-state index in [0.29, 0.717) is 0 Å². The van der Waals surface area contributed by atoms with Gasteiger partial charge < -0.3 is 5.73 Å². The summed E-state index contributed by atoms with van der Waals surface area (Å²) in [5, 5.41) is 0. The topological polar surface area (TPSA) is 51.8 Å². The molecule has 3 nitrogen and oxygen atoms in total. The quantitative estimate of drug-likeness (QED) is 0.782. The van der Waals surface area contributed by atoms with Crippen molar-refractivity contribution in [3.05, 3.63) is 36.2 Å². The Morgan fingerprint density at radius 1 is 1.21 bits per heavy atom. The van der Waals surface area contributed by atoms with Crippen molar-refractivity contribution < 1.29 is 0 Å². The molecule has 2 N–H and O–H groups in total. The summed E-state index contributed by atoms with van der Waals surface area (Å²) >= 11 is 0. The summed E-state index contributed by atoms with van der Waals surface area (Å²) in [6, 6.07) is 6.09. The lowest BCUT2D eigenvalue weighted by Gasteiger charge is -2.08. The van der Waals surface area contributed by atoms with Crippen molar-refractivity contribution in [2.75, 3.05) is 0 Å². The molecule has 0 aliphatic rings. The van der Waals surface area contributed by atoms with E-state index in [0.717, 1.165) is 23.0 Å². The molecule has 0 radical (unpaired) electrons. The van der Waals surface area contributed by atoms with Crippen LogP contribution in [0, 0.1) is 0 Å². The van der Waals surface area contributed by atoms with Gasteiger partial charge in [0.05, 0.1) is 11.0 Å². The molecule has 0 saturated carbocycles. The van der Waals surface area contributed by atoms with Crippen LogP contribution >= 0.6 is 0 Å². The Morgan fingerprint density at radius 2 is 1.93 bits per heavy atom. The summed E-state index contributed by atoms with van der Waals surface area (Å²) in [7, 11) is 0. The number of fused-ring (bicyclic) bond motifs is 1. The fraction of sp³-hybridized carbons (Fsp3) is 0.273. The highest BCUT2D eigenvalue weighted by Gasteiger charge is 2.04. The van der Waals surface area contributed by atoms with Crippen LogP contribution in [0.1, 0.15) is 24.9 Å². The minimum absolute atomic E-state index is 0.0985. The Bertz CT molecular complexity index is 439. The summed E-state index contributed by atoms with van der Waals surface area (Å²) in [4.78, 5) is 8.44. The number of nitrogens with zero attached hydrogens (tertiary/aromatic N) is 2. The first-order chi connectivity index (χ1) is 6.81. The van der Waals surface area contributed by atoms with Gasteiger partial charge in [-0.05, 0) is 24.1 Å². The van der Waals surface area contributed by atoms with Gasteiger partial charge in [-0.15, -0.1) is 0 Å². The van der Waals surface area contributed by atoms with E-state index in [1.54, 1.807) is 12.4 Å². The molecule has 72 valence electrons. The molecule has 0 aliphatic heterocycles. The third kappa shape index (κ3) is 1.59. The van der Waals surface area contributed by atoms with Gasteiger partial charge in [-0.3, -0.25) is 9.97 Å². The largest absolute Gasteiger partial charge is 0.324 e. The van der Waals surface area contributed by atoms with Gasteiger partial charge in [-0.25, -0.2) is 0 Å². The van der Waals surface area contributed by atoms with Crippen LogP contribution in [0.2, 0.25) is 0 Å². The van der Waals surface area contributed by atoms with Crippen LogP contribution in [0.5, 0.6) is 0 Å². The summed E-state index contributed by atoms with van der Waals surface area (Å²) in [6.45, 7) is 2.07. The molecule has 0 aliphatic carbocycles. The summed E-state index contributed by atoms with van der Waals surface area (Å²) in [5.41, 5.74) is 8.89. The molecule has 0 amide bonds. The highest BCUT2D eigenvalue weighted by Crippen LogP contribution is 2.17. The zero-order valence-corrected chi connectivity index (χ0v) is 8.14. The first-order valence-corrected chi connectivity index (χ1v) is 4.77. The highest BCUT2D eigenvalue weighted by atomic mass is 14.8. The minimum Gasteiger partial charge on any atom is -0.324 e. The number of aromatic nitrogens is 2. The van der Waals surface area contributed by atoms with Crippen molar-refractivity contribution >= 4 is 11.0 Å². The molecular weight excluding hydrogens is 174 g/mol. The number of hydrogen-bond donors (Lipinski definition) is 1. The average molecular weight is 187 g/mol. The van der Waals surface area contributed by atoms with E-state index in [4.69, 9.17) is 5.73 Å². The molecule has 0 unspecified atom stereocenters. The lowest BCUT2D eigenvalue weighted by Crippen LogP contribution is -2.08. The smallest absolute Gasteiger partial charge is 0.0890 e. The van der Waals surface area contributed by atoms with E-state index in [9.17, 15) is 0 Å². The maximum Gasteiger partial charge on any atom is 0.0890 e. The maximum atomic E-state index is 5.94. The van der Waals surface area contributed by atoms with E-state index in [2.05, 4.69) is 16.9 Å². The second-order valence-electron chi connectivity index (χ2n) is 3.32. The van der Waals surface area contributed by atoms with Gasteiger partial charge in [0.2, 0.25) is 0 Å². The predicted octanol–water partition coefficient (Wildman–Crippen LogP) is 2.04. The van der Waals surface area contributed by atoms with Gasteiger partial charge in [0, 0.05) is 18.4 Å². The van der Waals surface area contributed by atoms with Gasteiger partial charge in [0.15, 0.2) is 0 Å². The van der Waals surface area contributed by atoms with Gasteiger partial charge in [-0.2, -0.15) is 0 Å². The molecule has 0 fully saturated rings. The second kappa shape index (κ2) is 3.72. The molecule has 1 heterocycles. The summed E-state index contributed by atoms with van der Waals surface area (Å²) < 4.78 is 0. The Kier molecular flexibility index (Phi) is 2.41. The number of hydrogen-bond acceptors (Lipinski definition) is 3. The van der Waals surface area contributed by atoms with E-state index in [-0.39, 0.29) is 6.04 Å². The van der Waals surface area contributed by atoms with Crippen LogP contribution in [0.3, 0.4) is 0 Å². The standard InChI is InChI=1S/C11H13N3/c1-2-9(12)8-3-4-10-11(7-8)14-6-5-13-10/h3-7,9H,2,12H2,1H3/t9-/m0/s1. The lowest BCUT2D eigenvalue weighted by molar-refractivity contribution is 0.699. The van der Waals surface area contributed by atoms with Crippen LogP contribution in [-0.4, -0.2) is 9.97 Å². The Labute approximate surface area is 83.0 Å². The first kappa shape index (κ1) is 9.09. The van der Waals surface area contributed by atoms with Crippen LogP contribution in [0.25, 0.3) is 11.0 Å². The lowest BCUT2D eigenvalue weighted by atomic mass is 10.1. The van der Waals surface area contributed by atoms with E-state index >= 15 is 0 Å². The maximum absolute atomic E-state index is 5.94. The molecule has 0 spiro atoms. The van der Waals surface area contributed by atoms with Crippen molar-refractivity contribution in [2.45, 2.75) is 19.4 Å². The van der Waals surface area contributed by atoms with Crippen LogP contribution in [-0.2, 0) is 0 Å². The highest BCUT2D eigenvalue weighted by molar-refractivity contribution is 5.74. The van der Waals surface area contributed by atoms with Crippen LogP contribution < -0.4 is 5.73 Å². The molecule has 2 rings (SSSR count). The zero-order chi connectivity index (χ0) is 9.97. The second-order valence-corrected chi connectivity index (χ2v) is 3.32. The monoisotopic (exact) mass is 187 g/mol. The van der Waals surface area contributed by atoms with Crippen molar-refractivity contribution in [3.8, 4) is 0 Å². The van der Waals surface area contributed by atoms with E-state index in [1.165, 1.54) is 0 Å². The van der Waals surface area contributed by atoms with E-state index in [1.807, 2.05) is 18.2 Å². The number of rotatable bonds is 2. The van der Waals surface area contributed by atoms with Crippen molar-refractivity contribution in [1.29, 1.82) is 0 Å². The van der Waals surface area contributed by atoms with E-state index < -0.39 is 0 Å². The third-order valence-electron chi connectivity index (χ3n) is 2.36. The van der Waals surface area contributed by atoms with Crippen molar-refractivity contribution in [3.63, 3.8) is 0 Å². The Morgan fingerprint density at radius 3 is 2.64 bits per heavy atom. The van der Waals surface area contributed by atoms with Crippen molar-refractivity contribution in [1.82, 2.24) is 9.97 Å². The third-order valence-corrected chi connectivity index (χ3v) is 2.36. The summed E-state index contributed by atoms with van der Waals surface area (Å²) in [6.07, 6.45) is 4.33. The molecule has 3 heteroatoms. The zero-order valence-electron chi connectivity index (χ0n) is 8.14. The molecule has 0 saturated heterocycles. The fourth-order valence-electron chi connectivity index (χ4n) is 1.45. The van der Waals surface area contributed by atoms with Crippen LogP contribution in [0.15, 0.2) is 30.6 Å². The fourth-order valence-corrected chi connectivity index (χ4v) is 1.45. The van der Waals surface area contributed by atoms with Gasteiger partial charge in [0.1, 0.15) is 0 Å².